The van der Waals surface area contributed by atoms with Crippen molar-refractivity contribution in [3.8, 4) is 0 Å². The molecule has 98 valence electrons. The van der Waals surface area contributed by atoms with Gasteiger partial charge >= 0.3 is 0 Å². The van der Waals surface area contributed by atoms with E-state index in [1.165, 1.54) is 0 Å². The van der Waals surface area contributed by atoms with E-state index in [0.717, 1.165) is 5.76 Å². The van der Waals surface area contributed by atoms with Crippen molar-refractivity contribution in [1.82, 2.24) is 0 Å². The van der Waals surface area contributed by atoms with E-state index in [2.05, 4.69) is 0 Å². The van der Waals surface area contributed by atoms with Gasteiger partial charge in [0.15, 0.2) is 5.76 Å². The highest BCUT2D eigenvalue weighted by Gasteiger charge is 2.15. The first-order valence-corrected chi connectivity index (χ1v) is 6.10. The Bertz CT molecular complexity index is 300. The maximum atomic E-state index is 5.63. The molecule has 0 aliphatic carbocycles. The summed E-state index contributed by atoms with van der Waals surface area (Å²) in [6.45, 7) is 9.49. The zero-order valence-corrected chi connectivity index (χ0v) is 11.1. The number of furan rings is 1. The molecule has 0 aliphatic heterocycles. The number of rotatable bonds is 8. The summed E-state index contributed by atoms with van der Waals surface area (Å²) >= 11 is 0. The summed E-state index contributed by atoms with van der Waals surface area (Å²) in [4.78, 5) is 0. The molecule has 1 heterocycles. The molecule has 0 aliphatic rings. The maximum Gasteiger partial charge on any atom is 0.217 e. The van der Waals surface area contributed by atoms with Crippen molar-refractivity contribution < 1.29 is 18.6 Å². The van der Waals surface area contributed by atoms with Crippen LogP contribution in [0.2, 0.25) is 0 Å². The first kappa shape index (κ1) is 14.2. The molecule has 0 saturated carbocycles. The van der Waals surface area contributed by atoms with Gasteiger partial charge < -0.3 is 18.6 Å². The van der Waals surface area contributed by atoms with Gasteiger partial charge in [-0.2, -0.15) is 0 Å². The molecule has 1 aromatic rings. The first-order valence-electron chi connectivity index (χ1n) is 6.10. The average molecular weight is 242 g/mol. The third kappa shape index (κ3) is 4.89. The first-order chi connectivity index (χ1) is 8.17. The average Bonchev–Trinajstić information content (AvgIpc) is 2.74. The molecule has 0 radical (unpaired) electrons. The SMILES string of the molecule is CCOC(OCC)c1ccc(COC(C)C)o1. The summed E-state index contributed by atoms with van der Waals surface area (Å²) in [7, 11) is 0. The Labute approximate surface area is 103 Å². The van der Waals surface area contributed by atoms with Crippen molar-refractivity contribution in [1.29, 1.82) is 0 Å². The highest BCUT2D eigenvalue weighted by molar-refractivity contribution is 5.07. The Morgan fingerprint density at radius 3 is 2.24 bits per heavy atom. The van der Waals surface area contributed by atoms with Gasteiger partial charge in [-0.05, 0) is 39.8 Å². The Balaban J connectivity index is 2.57. The van der Waals surface area contributed by atoms with Crippen LogP contribution in [-0.4, -0.2) is 19.3 Å². The van der Waals surface area contributed by atoms with Crippen molar-refractivity contribution in [3.05, 3.63) is 23.7 Å². The van der Waals surface area contributed by atoms with E-state index in [1.807, 2.05) is 39.8 Å². The van der Waals surface area contributed by atoms with Gasteiger partial charge in [-0.1, -0.05) is 0 Å². The largest absolute Gasteiger partial charge is 0.458 e. The lowest BCUT2D eigenvalue weighted by atomic mass is 10.4. The van der Waals surface area contributed by atoms with Crippen molar-refractivity contribution in [2.45, 2.75) is 46.7 Å². The molecule has 4 nitrogen and oxygen atoms in total. The molecule has 0 N–H and O–H groups in total. The van der Waals surface area contributed by atoms with E-state index in [9.17, 15) is 0 Å². The van der Waals surface area contributed by atoms with Crippen LogP contribution < -0.4 is 0 Å². The van der Waals surface area contributed by atoms with Gasteiger partial charge in [0.05, 0.1) is 6.10 Å². The second-order valence-electron chi connectivity index (χ2n) is 3.91. The van der Waals surface area contributed by atoms with Crippen LogP contribution in [0.4, 0.5) is 0 Å². The summed E-state index contributed by atoms with van der Waals surface area (Å²) in [6, 6.07) is 3.76. The fourth-order valence-corrected chi connectivity index (χ4v) is 1.36. The van der Waals surface area contributed by atoms with Crippen molar-refractivity contribution in [3.63, 3.8) is 0 Å². The normalized spacial score (nSPS) is 11.6. The molecule has 0 aromatic carbocycles. The van der Waals surface area contributed by atoms with Crippen LogP contribution in [0.5, 0.6) is 0 Å². The van der Waals surface area contributed by atoms with Crippen LogP contribution in [0.25, 0.3) is 0 Å². The van der Waals surface area contributed by atoms with Gasteiger partial charge in [-0.3, -0.25) is 0 Å². The molecule has 0 spiro atoms. The quantitative estimate of drug-likeness (QED) is 0.656. The van der Waals surface area contributed by atoms with Gasteiger partial charge in [-0.15, -0.1) is 0 Å². The molecule has 0 fully saturated rings. The van der Waals surface area contributed by atoms with Gasteiger partial charge in [0.1, 0.15) is 12.4 Å². The minimum Gasteiger partial charge on any atom is -0.458 e. The van der Waals surface area contributed by atoms with Crippen molar-refractivity contribution in [2.75, 3.05) is 13.2 Å². The zero-order valence-electron chi connectivity index (χ0n) is 11.1. The molecule has 1 rings (SSSR count). The number of hydrogen-bond acceptors (Lipinski definition) is 4. The minimum absolute atomic E-state index is 0.193. The lowest BCUT2D eigenvalue weighted by Crippen LogP contribution is -2.07. The molecule has 0 saturated heterocycles. The van der Waals surface area contributed by atoms with Crippen molar-refractivity contribution in [2.24, 2.45) is 0 Å². The van der Waals surface area contributed by atoms with Gasteiger partial charge in [0, 0.05) is 13.2 Å². The van der Waals surface area contributed by atoms with E-state index < -0.39 is 6.29 Å². The molecular weight excluding hydrogens is 220 g/mol. The van der Waals surface area contributed by atoms with Gasteiger partial charge in [0.25, 0.3) is 0 Å². The standard InChI is InChI=1S/C13H22O4/c1-5-14-13(15-6-2)12-8-7-11(17-12)9-16-10(3)4/h7-8,10,13H,5-6,9H2,1-4H3. The second-order valence-corrected chi connectivity index (χ2v) is 3.91. The molecule has 0 bridgehead atoms. The lowest BCUT2D eigenvalue weighted by Gasteiger charge is -2.14. The minimum atomic E-state index is -0.419. The van der Waals surface area contributed by atoms with Gasteiger partial charge in [0.2, 0.25) is 6.29 Å². The Morgan fingerprint density at radius 2 is 1.71 bits per heavy atom. The van der Waals surface area contributed by atoms with Crippen LogP contribution in [-0.2, 0) is 20.8 Å². The number of ether oxygens (including phenoxy) is 3. The molecule has 17 heavy (non-hydrogen) atoms. The third-order valence-corrected chi connectivity index (χ3v) is 2.11. The van der Waals surface area contributed by atoms with Crippen LogP contribution in [0.15, 0.2) is 16.5 Å². The second kappa shape index (κ2) is 7.48. The molecular formula is C13H22O4. The van der Waals surface area contributed by atoms with E-state index in [1.54, 1.807) is 0 Å². The smallest absolute Gasteiger partial charge is 0.217 e. The summed E-state index contributed by atoms with van der Waals surface area (Å²) in [5.41, 5.74) is 0. The van der Waals surface area contributed by atoms with E-state index >= 15 is 0 Å². The van der Waals surface area contributed by atoms with Crippen LogP contribution in [0.3, 0.4) is 0 Å². The predicted octanol–water partition coefficient (Wildman–Crippen LogP) is 3.28. The van der Waals surface area contributed by atoms with E-state index in [0.29, 0.717) is 25.6 Å². The zero-order chi connectivity index (χ0) is 12.7. The monoisotopic (exact) mass is 242 g/mol. The predicted molar refractivity (Wildman–Crippen MR) is 64.6 cm³/mol. The summed E-state index contributed by atoms with van der Waals surface area (Å²) < 4.78 is 22.0. The van der Waals surface area contributed by atoms with E-state index in [4.69, 9.17) is 18.6 Å². The van der Waals surface area contributed by atoms with Gasteiger partial charge in [-0.25, -0.2) is 0 Å². The molecule has 1 aromatic heterocycles. The fourth-order valence-electron chi connectivity index (χ4n) is 1.36. The Kier molecular flexibility index (Phi) is 6.26. The fraction of sp³-hybridized carbons (Fsp3) is 0.692. The molecule has 0 atom stereocenters. The Hall–Kier alpha value is -0.840. The topological polar surface area (TPSA) is 40.8 Å². The molecule has 0 amide bonds. The maximum absolute atomic E-state index is 5.63. The summed E-state index contributed by atoms with van der Waals surface area (Å²) in [5, 5.41) is 0. The Morgan fingerprint density at radius 1 is 1.06 bits per heavy atom. The van der Waals surface area contributed by atoms with Crippen LogP contribution in [0.1, 0.15) is 45.5 Å². The van der Waals surface area contributed by atoms with Crippen LogP contribution >= 0.6 is 0 Å². The summed E-state index contributed by atoms with van der Waals surface area (Å²) in [5.74, 6) is 1.48. The highest BCUT2D eigenvalue weighted by Crippen LogP contribution is 2.22. The van der Waals surface area contributed by atoms with E-state index in [-0.39, 0.29) is 6.10 Å². The molecule has 0 unspecified atom stereocenters. The highest BCUT2D eigenvalue weighted by atomic mass is 16.7. The number of hydrogen-bond donors (Lipinski definition) is 0. The van der Waals surface area contributed by atoms with Crippen molar-refractivity contribution >= 4 is 0 Å². The van der Waals surface area contributed by atoms with Crippen LogP contribution in [0, 0.1) is 0 Å². The third-order valence-electron chi connectivity index (χ3n) is 2.11. The molecule has 4 heteroatoms. The lowest BCUT2D eigenvalue weighted by molar-refractivity contribution is -0.151. The summed E-state index contributed by atoms with van der Waals surface area (Å²) in [6.07, 6.45) is -0.226.